The molecule has 0 unspecified atom stereocenters. The van der Waals surface area contributed by atoms with E-state index in [1.165, 1.54) is 0 Å². The fourth-order valence-electron chi connectivity index (χ4n) is 0.484. The van der Waals surface area contributed by atoms with Crippen molar-refractivity contribution in [1.29, 1.82) is 0 Å². The average molecular weight is 108 g/mol. The molecule has 1 aromatic heterocycles. The van der Waals surface area contributed by atoms with Crippen molar-refractivity contribution >= 4 is 0 Å². The first-order chi connectivity index (χ1) is 3.83. The molecule has 1 heterocycles. The Labute approximate surface area is 47.0 Å². The zero-order valence-electron chi connectivity index (χ0n) is 4.52. The van der Waals surface area contributed by atoms with Crippen LogP contribution >= 0.6 is 0 Å². The quantitative estimate of drug-likeness (QED) is 0.432. The fraction of sp³-hybridized carbons (Fsp3) is 0.200. The summed E-state index contributed by atoms with van der Waals surface area (Å²) in [5.74, 6) is 0.819. The molecule has 40 valence electrons. The minimum absolute atomic E-state index is 0.627. The molecule has 8 heavy (non-hydrogen) atoms. The summed E-state index contributed by atoms with van der Waals surface area (Å²) in [4.78, 5) is 6.67. The Morgan fingerprint density at radius 3 is 2.88 bits per heavy atom. The zero-order chi connectivity index (χ0) is 5.98. The van der Waals surface area contributed by atoms with E-state index in [4.69, 9.17) is 5.26 Å². The summed E-state index contributed by atoms with van der Waals surface area (Å²) in [6.45, 7) is 1.83. The number of rotatable bonds is 0. The number of aromatic nitrogens is 2. The molecule has 0 aliphatic rings. The lowest BCUT2D eigenvalue weighted by Crippen LogP contribution is -2.17. The molecule has 0 radical (unpaired) electrons. The largest absolute Gasteiger partial charge is 0.330 e. The van der Waals surface area contributed by atoms with Crippen LogP contribution in [0.2, 0.25) is 0 Å². The van der Waals surface area contributed by atoms with Crippen LogP contribution in [0.4, 0.5) is 0 Å². The highest BCUT2D eigenvalue weighted by atomic mass is 14.9. The van der Waals surface area contributed by atoms with Crippen LogP contribution in [-0.4, -0.2) is 9.97 Å². The second kappa shape index (κ2) is 1.66. The maximum absolute atomic E-state index is 6.64. The van der Waals surface area contributed by atoms with E-state index in [1.807, 2.05) is 6.92 Å². The first-order valence-corrected chi connectivity index (χ1v) is 2.27. The van der Waals surface area contributed by atoms with Gasteiger partial charge in [-0.3, -0.25) is 0 Å². The van der Waals surface area contributed by atoms with E-state index in [2.05, 4.69) is 16.0 Å². The Balaban J connectivity index is 3.05. The Bertz CT molecular complexity index is 218. The van der Waals surface area contributed by atoms with E-state index in [-0.39, 0.29) is 0 Å². The van der Waals surface area contributed by atoms with Gasteiger partial charge in [-0.2, -0.15) is 0 Å². The molecule has 0 spiro atoms. The monoisotopic (exact) mass is 108 g/mol. The van der Waals surface area contributed by atoms with Crippen LogP contribution in [0.25, 0.3) is 0 Å². The zero-order valence-corrected chi connectivity index (χ0v) is 4.52. The summed E-state index contributed by atoms with van der Waals surface area (Å²) in [6, 6.07) is 2.18. The van der Waals surface area contributed by atoms with Crippen LogP contribution in [-0.2, 0) is 0 Å². The van der Waals surface area contributed by atoms with Gasteiger partial charge in [0.2, 0.25) is 0 Å². The van der Waals surface area contributed by atoms with E-state index in [9.17, 15) is 0 Å². The summed E-state index contributed by atoms with van der Waals surface area (Å²) in [7, 11) is 0. The van der Waals surface area contributed by atoms with Crippen molar-refractivity contribution in [2.75, 3.05) is 0 Å². The molecule has 0 aliphatic heterocycles. The van der Waals surface area contributed by atoms with Crippen LogP contribution in [0.15, 0.2) is 6.20 Å². The third-order valence-corrected chi connectivity index (χ3v) is 0.838. The Morgan fingerprint density at radius 1 is 1.88 bits per heavy atom. The Morgan fingerprint density at radius 2 is 2.62 bits per heavy atom. The predicted octanol–water partition coefficient (Wildman–Crippen LogP) is -1.16. The predicted molar refractivity (Wildman–Crippen MR) is 27.3 cm³/mol. The lowest BCUT2D eigenvalue weighted by molar-refractivity contribution is -0.0912. The van der Waals surface area contributed by atoms with Crippen molar-refractivity contribution in [3.05, 3.63) is 17.7 Å². The van der Waals surface area contributed by atoms with Crippen molar-refractivity contribution in [3.63, 3.8) is 0 Å². The molecule has 1 rings (SSSR count). The number of aromatic amines is 1. The SMILES string of the molecule is Cc1ncc(C#[NH+])[nH]1. The number of H-pyrrole nitrogens is 1. The molecule has 0 saturated heterocycles. The summed E-state index contributed by atoms with van der Waals surface area (Å²) >= 11 is 0. The lowest BCUT2D eigenvalue weighted by Gasteiger charge is -1.70. The maximum atomic E-state index is 6.64. The minimum Gasteiger partial charge on any atom is -0.330 e. The van der Waals surface area contributed by atoms with Crippen LogP contribution < -0.4 is 5.26 Å². The van der Waals surface area contributed by atoms with Crippen LogP contribution in [0.5, 0.6) is 0 Å². The smallest absolute Gasteiger partial charge is 0.328 e. The van der Waals surface area contributed by atoms with E-state index >= 15 is 0 Å². The third kappa shape index (κ3) is 0.684. The lowest BCUT2D eigenvalue weighted by atomic mass is 10.5. The molecular weight excluding hydrogens is 102 g/mol. The highest BCUT2D eigenvalue weighted by Crippen LogP contribution is 1.89. The molecule has 0 fully saturated rings. The molecule has 0 saturated carbocycles. The third-order valence-electron chi connectivity index (χ3n) is 0.838. The molecule has 3 heteroatoms. The van der Waals surface area contributed by atoms with Gasteiger partial charge in [0.25, 0.3) is 0 Å². The van der Waals surface area contributed by atoms with Gasteiger partial charge in [0.1, 0.15) is 5.82 Å². The molecule has 0 amide bonds. The summed E-state index contributed by atoms with van der Waals surface area (Å²) in [6.07, 6.45) is 1.57. The second-order valence-corrected chi connectivity index (χ2v) is 1.51. The van der Waals surface area contributed by atoms with Gasteiger partial charge in [0.15, 0.2) is 5.69 Å². The Hall–Kier alpha value is -1.30. The van der Waals surface area contributed by atoms with Gasteiger partial charge in [-0.05, 0) is 6.92 Å². The summed E-state index contributed by atoms with van der Waals surface area (Å²) < 4.78 is 0. The van der Waals surface area contributed by atoms with Crippen molar-refractivity contribution in [2.24, 2.45) is 0 Å². The molecule has 0 atom stereocenters. The van der Waals surface area contributed by atoms with Gasteiger partial charge >= 0.3 is 6.07 Å². The minimum atomic E-state index is 0.627. The number of imidazole rings is 1. The standard InChI is InChI=1S/C5H5N3/c1-4-7-3-5(2-6)8-4/h3H,1H3,(H,7,8)/p+1. The number of nitrogens with zero attached hydrogens (tertiary/aromatic N) is 1. The molecule has 1 aromatic rings. The fourth-order valence-corrected chi connectivity index (χ4v) is 0.484. The highest BCUT2D eigenvalue weighted by molar-refractivity contribution is 5.15. The average Bonchev–Trinajstić information content (AvgIpc) is 2.14. The van der Waals surface area contributed by atoms with E-state index < -0.39 is 0 Å². The molecule has 3 nitrogen and oxygen atoms in total. The van der Waals surface area contributed by atoms with Crippen LogP contribution in [0, 0.1) is 13.0 Å². The number of hydrogen-bond acceptors (Lipinski definition) is 1. The van der Waals surface area contributed by atoms with Gasteiger partial charge in [-0.1, -0.05) is 5.26 Å². The van der Waals surface area contributed by atoms with Gasteiger partial charge in [-0.25, -0.2) is 4.98 Å². The topological polar surface area (TPSA) is 52.5 Å². The van der Waals surface area contributed by atoms with Crippen molar-refractivity contribution in [2.45, 2.75) is 6.92 Å². The maximum Gasteiger partial charge on any atom is 0.328 e. The van der Waals surface area contributed by atoms with E-state index in [0.717, 1.165) is 5.82 Å². The van der Waals surface area contributed by atoms with Gasteiger partial charge in [0, 0.05) is 0 Å². The Kier molecular flexibility index (Phi) is 1.01. The first-order valence-electron chi connectivity index (χ1n) is 2.27. The molecule has 0 bridgehead atoms. The second-order valence-electron chi connectivity index (χ2n) is 1.51. The number of nitrogens with one attached hydrogen (secondary N) is 2. The van der Waals surface area contributed by atoms with Crippen molar-refractivity contribution in [3.8, 4) is 6.07 Å². The van der Waals surface area contributed by atoms with E-state index in [1.54, 1.807) is 6.20 Å². The summed E-state index contributed by atoms with van der Waals surface area (Å²) in [5, 5.41) is 6.64. The van der Waals surface area contributed by atoms with Gasteiger partial charge < -0.3 is 4.98 Å². The summed E-state index contributed by atoms with van der Waals surface area (Å²) in [5.41, 5.74) is 0.627. The molecule has 0 aliphatic carbocycles. The number of hydrogen-bond donors (Lipinski definition) is 2. The van der Waals surface area contributed by atoms with Crippen LogP contribution in [0.1, 0.15) is 11.5 Å². The van der Waals surface area contributed by atoms with E-state index in [0.29, 0.717) is 5.69 Å². The molecule has 2 N–H and O–H groups in total. The van der Waals surface area contributed by atoms with Crippen molar-refractivity contribution in [1.82, 2.24) is 9.97 Å². The van der Waals surface area contributed by atoms with Gasteiger partial charge in [0.05, 0.1) is 6.20 Å². The molecular formula is C5H6N3+. The van der Waals surface area contributed by atoms with Crippen LogP contribution in [0.3, 0.4) is 0 Å². The first kappa shape index (κ1) is 4.85. The van der Waals surface area contributed by atoms with Crippen molar-refractivity contribution < 1.29 is 5.26 Å². The normalized spacial score (nSPS) is 8.50. The molecule has 0 aromatic carbocycles. The highest BCUT2D eigenvalue weighted by Gasteiger charge is 1.93. The number of aryl methyl sites for hydroxylation is 1. The van der Waals surface area contributed by atoms with Gasteiger partial charge in [-0.15, -0.1) is 0 Å².